The molecule has 2 aromatic carbocycles. The molecule has 17 heteroatoms. The number of nitrogens with one attached hydrogen (secondary N) is 1. The van der Waals surface area contributed by atoms with Crippen LogP contribution < -0.4 is 18.9 Å². The number of fused-ring (bicyclic) bond motifs is 1. The number of aromatic carboxylic acids is 1. The SMILES string of the molecule is COc1c(NS(C)(=O)=O)cc(C(F)(F)F)cc1-c1c(C(=O)O)n(C)c2c(Oc3ccnc(OCCn4ccnc4)n3)cccc12. The molecule has 0 amide bonds. The van der Waals surface area contributed by atoms with E-state index in [9.17, 15) is 31.5 Å². The van der Waals surface area contributed by atoms with Gasteiger partial charge in [-0.2, -0.15) is 18.2 Å². The third-order valence-electron chi connectivity index (χ3n) is 6.53. The maximum Gasteiger partial charge on any atom is 0.416 e. The van der Waals surface area contributed by atoms with Crippen LogP contribution in [0.1, 0.15) is 16.1 Å². The molecule has 0 aliphatic rings. The van der Waals surface area contributed by atoms with Gasteiger partial charge in [-0.3, -0.25) is 4.72 Å². The Bertz CT molecular complexity index is 1990. The maximum atomic E-state index is 14.0. The first-order chi connectivity index (χ1) is 21.3. The highest BCUT2D eigenvalue weighted by Gasteiger charge is 2.35. The molecule has 236 valence electrons. The van der Waals surface area contributed by atoms with Crippen molar-refractivity contribution in [3.05, 3.63) is 72.6 Å². The second-order valence-electron chi connectivity index (χ2n) is 9.65. The van der Waals surface area contributed by atoms with Crippen LogP contribution in [0.25, 0.3) is 22.0 Å². The molecule has 0 fully saturated rings. The lowest BCUT2D eigenvalue weighted by molar-refractivity contribution is -0.137. The maximum absolute atomic E-state index is 14.0. The molecule has 0 aliphatic heterocycles. The number of benzene rings is 2. The van der Waals surface area contributed by atoms with Crippen LogP contribution in [0.15, 0.2) is 61.3 Å². The zero-order valence-electron chi connectivity index (χ0n) is 23.9. The molecule has 0 radical (unpaired) electrons. The van der Waals surface area contributed by atoms with Crippen LogP contribution in [0.3, 0.4) is 0 Å². The zero-order valence-corrected chi connectivity index (χ0v) is 24.7. The monoisotopic (exact) mass is 646 g/mol. The van der Waals surface area contributed by atoms with Crippen LogP contribution in [0.4, 0.5) is 18.9 Å². The lowest BCUT2D eigenvalue weighted by Crippen LogP contribution is -2.14. The molecule has 13 nitrogen and oxygen atoms in total. The summed E-state index contributed by atoms with van der Waals surface area (Å²) < 4.78 is 88.2. The quantitative estimate of drug-likeness (QED) is 0.204. The van der Waals surface area contributed by atoms with Crippen molar-refractivity contribution in [3.63, 3.8) is 0 Å². The van der Waals surface area contributed by atoms with Gasteiger partial charge in [0.25, 0.3) is 0 Å². The standard InChI is InChI=1S/C28H25F3N6O7S/c1-36-23-17(5-4-6-20(23)44-21-7-8-33-27(34-21)43-12-11-37-10-9-32-15-37)22(24(36)26(38)39)18-13-16(28(29,30)31)14-19(25(18)42-2)35-45(3,40)41/h4-10,13-15,35H,11-12H2,1-3H3,(H,38,39). The smallest absolute Gasteiger partial charge is 0.416 e. The summed E-state index contributed by atoms with van der Waals surface area (Å²) in [6, 6.07) is 7.29. The Morgan fingerprint density at radius 3 is 2.58 bits per heavy atom. The van der Waals surface area contributed by atoms with Crippen molar-refractivity contribution in [1.29, 1.82) is 0 Å². The molecule has 0 atom stereocenters. The zero-order chi connectivity index (χ0) is 32.5. The van der Waals surface area contributed by atoms with Gasteiger partial charge in [-0.1, -0.05) is 12.1 Å². The van der Waals surface area contributed by atoms with Crippen LogP contribution in [0, 0.1) is 0 Å². The van der Waals surface area contributed by atoms with Gasteiger partial charge in [-0.05, 0) is 18.2 Å². The van der Waals surface area contributed by atoms with Gasteiger partial charge in [0.15, 0.2) is 11.5 Å². The summed E-state index contributed by atoms with van der Waals surface area (Å²) in [4.78, 5) is 24.9. The highest BCUT2D eigenvalue weighted by molar-refractivity contribution is 7.92. The largest absolute Gasteiger partial charge is 0.494 e. The number of hydrogen-bond acceptors (Lipinski definition) is 9. The number of halogens is 3. The fraction of sp³-hybridized carbons (Fsp3) is 0.214. The first-order valence-corrected chi connectivity index (χ1v) is 14.9. The molecule has 0 saturated carbocycles. The van der Waals surface area contributed by atoms with Crippen molar-refractivity contribution < 1.29 is 45.7 Å². The Morgan fingerprint density at radius 2 is 1.93 bits per heavy atom. The molecule has 45 heavy (non-hydrogen) atoms. The second-order valence-corrected chi connectivity index (χ2v) is 11.4. The average molecular weight is 647 g/mol. The molecule has 3 aromatic heterocycles. The van der Waals surface area contributed by atoms with Crippen molar-refractivity contribution in [1.82, 2.24) is 24.1 Å². The van der Waals surface area contributed by atoms with E-state index < -0.39 is 39.1 Å². The molecule has 0 saturated heterocycles. The minimum atomic E-state index is -4.91. The third-order valence-corrected chi connectivity index (χ3v) is 7.12. The number of imidazole rings is 1. The minimum absolute atomic E-state index is 0.0122. The number of hydrogen-bond donors (Lipinski definition) is 2. The van der Waals surface area contributed by atoms with Gasteiger partial charge in [0.2, 0.25) is 15.9 Å². The van der Waals surface area contributed by atoms with Crippen LogP contribution in [-0.4, -0.2) is 63.6 Å². The average Bonchev–Trinajstić information content (AvgIpc) is 3.58. The van der Waals surface area contributed by atoms with E-state index in [4.69, 9.17) is 14.2 Å². The van der Waals surface area contributed by atoms with Gasteiger partial charge in [0.05, 0.1) is 43.0 Å². The molecule has 0 aliphatic carbocycles. The number of carbonyl (C=O) groups is 1. The number of ether oxygens (including phenoxy) is 3. The van der Waals surface area contributed by atoms with Gasteiger partial charge in [-0.25, -0.2) is 23.2 Å². The van der Waals surface area contributed by atoms with Gasteiger partial charge in [0.1, 0.15) is 12.3 Å². The predicted octanol–water partition coefficient (Wildman–Crippen LogP) is 4.80. The third kappa shape index (κ3) is 6.62. The van der Waals surface area contributed by atoms with E-state index in [-0.39, 0.29) is 52.0 Å². The lowest BCUT2D eigenvalue weighted by atomic mass is 9.97. The number of sulfonamides is 1. The number of nitrogens with zero attached hydrogens (tertiary/aromatic N) is 5. The normalized spacial score (nSPS) is 11.9. The molecule has 2 N–H and O–H groups in total. The molecule has 5 rings (SSSR count). The van der Waals surface area contributed by atoms with Crippen LogP contribution in [0.2, 0.25) is 0 Å². The number of anilines is 1. The molecular weight excluding hydrogens is 621 g/mol. The van der Waals surface area contributed by atoms with Gasteiger partial charge in [0, 0.05) is 48.2 Å². The van der Waals surface area contributed by atoms with Crippen molar-refractivity contribution >= 4 is 32.6 Å². The number of alkyl halides is 3. The Balaban J connectivity index is 1.63. The summed E-state index contributed by atoms with van der Waals surface area (Å²) in [6.07, 6.45) is 2.27. The number of aryl methyl sites for hydroxylation is 1. The van der Waals surface area contributed by atoms with Gasteiger partial charge < -0.3 is 28.5 Å². The number of methoxy groups -OCH3 is 1. The highest BCUT2D eigenvalue weighted by atomic mass is 32.2. The van der Waals surface area contributed by atoms with Crippen LogP contribution in [-0.2, 0) is 29.8 Å². The fourth-order valence-electron chi connectivity index (χ4n) is 4.78. The van der Waals surface area contributed by atoms with Crippen molar-refractivity contribution in [3.8, 4) is 34.5 Å². The molecule has 0 spiro atoms. The lowest BCUT2D eigenvalue weighted by Gasteiger charge is -2.18. The number of para-hydroxylation sites is 1. The molecule has 5 aromatic rings. The second kappa shape index (κ2) is 12.0. The van der Waals surface area contributed by atoms with Crippen LogP contribution >= 0.6 is 0 Å². The molecular formula is C28H25F3N6O7S. The van der Waals surface area contributed by atoms with E-state index in [1.165, 1.54) is 42.1 Å². The molecule has 0 unspecified atom stereocenters. The number of carboxylic acids is 1. The molecule has 3 heterocycles. The van der Waals surface area contributed by atoms with E-state index in [1.54, 1.807) is 23.3 Å². The summed E-state index contributed by atoms with van der Waals surface area (Å²) in [5.74, 6) is -1.62. The fourth-order valence-corrected chi connectivity index (χ4v) is 5.33. The van der Waals surface area contributed by atoms with Crippen molar-refractivity contribution in [2.24, 2.45) is 7.05 Å². The number of rotatable bonds is 11. The van der Waals surface area contributed by atoms with Crippen molar-refractivity contribution in [2.45, 2.75) is 12.7 Å². The summed E-state index contributed by atoms with van der Waals surface area (Å²) in [6.45, 7) is 0.714. The van der Waals surface area contributed by atoms with Crippen LogP contribution in [0.5, 0.6) is 23.4 Å². The predicted molar refractivity (Wildman–Crippen MR) is 155 cm³/mol. The Kier molecular flexibility index (Phi) is 8.29. The summed E-state index contributed by atoms with van der Waals surface area (Å²) in [5.41, 5.74) is -2.43. The molecule has 0 bridgehead atoms. The summed E-state index contributed by atoms with van der Waals surface area (Å²) >= 11 is 0. The first-order valence-electron chi connectivity index (χ1n) is 13.0. The Labute approximate surface area is 253 Å². The van der Waals surface area contributed by atoms with Crippen molar-refractivity contribution in [2.75, 3.05) is 24.7 Å². The summed E-state index contributed by atoms with van der Waals surface area (Å²) in [5, 5.41) is 10.4. The van der Waals surface area contributed by atoms with E-state index >= 15 is 0 Å². The van der Waals surface area contributed by atoms with E-state index in [2.05, 4.69) is 15.0 Å². The Hall–Kier alpha value is -5.32. The van der Waals surface area contributed by atoms with E-state index in [0.29, 0.717) is 18.7 Å². The number of carboxylic acid groups (broad SMARTS) is 1. The van der Waals surface area contributed by atoms with E-state index in [1.807, 2.05) is 4.72 Å². The van der Waals surface area contributed by atoms with E-state index in [0.717, 1.165) is 13.4 Å². The first kappa shape index (κ1) is 31.1. The highest BCUT2D eigenvalue weighted by Crippen LogP contribution is 2.48. The Morgan fingerprint density at radius 1 is 1.16 bits per heavy atom. The minimum Gasteiger partial charge on any atom is -0.494 e. The topological polar surface area (TPSA) is 160 Å². The van der Waals surface area contributed by atoms with Gasteiger partial charge in [-0.15, -0.1) is 0 Å². The summed E-state index contributed by atoms with van der Waals surface area (Å²) in [7, 11) is -1.53. The number of aromatic nitrogens is 5. The van der Waals surface area contributed by atoms with Gasteiger partial charge >= 0.3 is 18.2 Å².